The van der Waals surface area contributed by atoms with Gasteiger partial charge in [-0.25, -0.2) is 0 Å². The van der Waals surface area contributed by atoms with Crippen molar-refractivity contribution >= 4 is 53.0 Å². The lowest BCUT2D eigenvalue weighted by Gasteiger charge is -2.46. The topological polar surface area (TPSA) is 739 Å². The number of amides is 8. The average Bonchev–Trinajstić information content (AvgIpc) is 0.764. The van der Waals surface area contributed by atoms with Crippen LogP contribution in [0, 0.1) is 0 Å². The highest BCUT2D eigenvalue weighted by atomic mass is 16.8. The number of hydrogen-bond acceptors (Lipinski definition) is 42. The summed E-state index contributed by atoms with van der Waals surface area (Å²) in [4.78, 5) is 111. The highest BCUT2D eigenvalue weighted by Gasteiger charge is 2.53. The lowest BCUT2D eigenvalue weighted by molar-refractivity contribution is -0.366. The van der Waals surface area contributed by atoms with Crippen LogP contribution in [-0.4, -0.2) is 470 Å². The van der Waals surface area contributed by atoms with Gasteiger partial charge in [0.25, 0.3) is 0 Å². The van der Waals surface area contributed by atoms with Gasteiger partial charge in [0.1, 0.15) is 134 Å². The van der Waals surface area contributed by atoms with E-state index in [1.54, 1.807) is 20.9 Å². The van der Waals surface area contributed by atoms with Crippen LogP contribution in [0.3, 0.4) is 0 Å². The fraction of sp³-hybridized carbons (Fsp3) is 0.883. The minimum atomic E-state index is -1.97. The molecule has 49 heteroatoms. The number of unbranched alkanes of at least 4 members (excludes halogenated alkanes) is 4. The third-order valence-electron chi connectivity index (χ3n) is 21.0. The Hall–Kier alpha value is -5.69. The highest BCUT2D eigenvalue weighted by Crippen LogP contribution is 2.32. The second kappa shape index (κ2) is 59.7. The molecular formula is C77H139N9O40. The summed E-state index contributed by atoms with van der Waals surface area (Å²) < 4.78 is 65.5. The van der Waals surface area contributed by atoms with Crippen molar-refractivity contribution in [2.45, 2.75) is 309 Å². The molecule has 30 atom stereocenters. The molecule has 6 rings (SSSR count). The summed E-state index contributed by atoms with van der Waals surface area (Å²) in [5, 5.41) is 211. The molecular weight excluding hydrogens is 1690 g/mol. The molecule has 0 saturated carbocycles. The monoisotopic (exact) mass is 1830 g/mol. The lowest BCUT2D eigenvalue weighted by Crippen LogP contribution is -2.65. The summed E-state index contributed by atoms with van der Waals surface area (Å²) in [5.41, 5.74) is 0. The summed E-state index contributed by atoms with van der Waals surface area (Å²) in [6.45, 7) is 5.46. The number of aliphatic hydroxyl groups is 19. The Morgan fingerprint density at radius 2 is 0.667 bits per heavy atom. The predicted octanol–water partition coefficient (Wildman–Crippen LogP) is -12.8. The molecule has 6 saturated heterocycles. The number of nitrogens with zero attached hydrogens (tertiary/aromatic N) is 2. The van der Waals surface area contributed by atoms with E-state index in [4.69, 9.17) is 56.8 Å². The van der Waals surface area contributed by atoms with E-state index in [1.165, 1.54) is 18.9 Å². The maximum Gasteiger partial charge on any atom is 0.242 e. The number of likely N-dealkylation sites (N-methyl/N-ethyl adjacent to an activating group) is 2. The molecule has 126 heavy (non-hydrogen) atoms. The molecule has 6 heterocycles. The zero-order valence-electron chi connectivity index (χ0n) is 72.2. The Kier molecular flexibility index (Phi) is 53.3. The van der Waals surface area contributed by atoms with Gasteiger partial charge in [-0.1, -0.05) is 6.42 Å². The summed E-state index contributed by atoms with van der Waals surface area (Å²) in [6, 6.07) is 0. The second-order valence-electron chi connectivity index (χ2n) is 31.1. The van der Waals surface area contributed by atoms with Crippen LogP contribution in [0.25, 0.3) is 0 Å². The number of nitrogens with one attached hydrogen (secondary N) is 7. The van der Waals surface area contributed by atoms with Crippen molar-refractivity contribution in [1.82, 2.24) is 47.0 Å². The summed E-state index contributed by atoms with van der Waals surface area (Å²) >= 11 is 0. The maximum absolute atomic E-state index is 13.2. The molecule has 8 amide bonds. The van der Waals surface area contributed by atoms with Crippen LogP contribution in [0.15, 0.2) is 0 Å². The van der Waals surface area contributed by atoms with Gasteiger partial charge >= 0.3 is 0 Å². The molecule has 6 fully saturated rings. The Bertz CT molecular complexity index is 3170. The summed E-state index contributed by atoms with van der Waals surface area (Å²) in [6.07, 6.45) is -37.7. The normalized spacial score (nSPS) is 33.3. The Morgan fingerprint density at radius 1 is 0.325 bits per heavy atom. The van der Waals surface area contributed by atoms with E-state index in [0.717, 1.165) is 4.90 Å². The van der Waals surface area contributed by atoms with Gasteiger partial charge in [0.15, 0.2) is 37.7 Å². The van der Waals surface area contributed by atoms with Crippen LogP contribution in [0.4, 0.5) is 0 Å². The fourth-order valence-corrected chi connectivity index (χ4v) is 13.4. The van der Waals surface area contributed by atoms with Crippen LogP contribution >= 0.6 is 0 Å². The van der Waals surface area contributed by atoms with Gasteiger partial charge in [0, 0.05) is 84.8 Å². The predicted molar refractivity (Wildman–Crippen MR) is 427 cm³/mol. The van der Waals surface area contributed by atoms with Gasteiger partial charge in [0.2, 0.25) is 47.3 Å². The molecule has 26 N–H and O–H groups in total. The first kappa shape index (κ1) is 113. The molecule has 0 spiro atoms. The number of ketones is 1. The van der Waals surface area contributed by atoms with Crippen molar-refractivity contribution in [3.63, 3.8) is 0 Å². The van der Waals surface area contributed by atoms with E-state index in [2.05, 4.69) is 37.2 Å². The van der Waals surface area contributed by atoms with Crippen molar-refractivity contribution in [1.29, 1.82) is 0 Å². The molecule has 0 aromatic heterocycles. The van der Waals surface area contributed by atoms with Crippen LogP contribution in [-0.2, 0) is 100.0 Å². The van der Waals surface area contributed by atoms with Gasteiger partial charge in [-0.05, 0) is 86.6 Å². The molecule has 732 valence electrons. The minimum absolute atomic E-state index is 0.0103. The summed E-state index contributed by atoms with van der Waals surface area (Å²) in [7, 11) is 3.08. The first-order valence-electron chi connectivity index (χ1n) is 42.5. The first-order valence-corrected chi connectivity index (χ1v) is 42.5. The molecule has 0 aromatic carbocycles. The number of Topliss-reactive ketones (excluding diaryl/α,β-unsaturated/α-hetero) is 1. The van der Waals surface area contributed by atoms with Crippen molar-refractivity contribution in [3.05, 3.63) is 0 Å². The molecule has 49 nitrogen and oxygen atoms in total. The smallest absolute Gasteiger partial charge is 0.242 e. The van der Waals surface area contributed by atoms with E-state index in [0.29, 0.717) is 90.1 Å². The molecule has 0 bridgehead atoms. The average molecular weight is 1830 g/mol. The number of ether oxygens (including phenoxy) is 12. The number of hydrogen-bond donors (Lipinski definition) is 26. The molecule has 0 aliphatic carbocycles. The fourth-order valence-electron chi connectivity index (χ4n) is 13.4. The second-order valence-corrected chi connectivity index (χ2v) is 31.1. The molecule has 6 aliphatic rings. The number of imide groups is 1. The van der Waals surface area contributed by atoms with Crippen LogP contribution in [0.2, 0.25) is 0 Å². The molecule has 0 unspecified atom stereocenters. The third kappa shape index (κ3) is 37.9. The number of carbonyl (C=O) groups excluding carboxylic acids is 9. The maximum atomic E-state index is 13.2. The third-order valence-corrected chi connectivity index (χ3v) is 21.0. The van der Waals surface area contributed by atoms with Crippen molar-refractivity contribution in [2.24, 2.45) is 0 Å². The molecule has 0 radical (unpaired) electrons. The van der Waals surface area contributed by atoms with Crippen molar-refractivity contribution < 1.29 is 197 Å². The van der Waals surface area contributed by atoms with E-state index in [-0.39, 0.29) is 101 Å². The summed E-state index contributed by atoms with van der Waals surface area (Å²) in [5.74, 6) is -2.64. The standard InChI is InChI=1S/C42H75N5O25.C19H34N2O8.C16H30N2O7/c1-3-43-23(50)7-5-4-6-8-44-24(51)13-47(14-25(52)45-9-11-65-39-34(61)31(58)27(54)19(2)68-39)15-26(53)46-10-12-66-41-37(64)38(72-42-36(63)33(60)29(56)21(17-49)70-42)30(57)22(71-41)18-67-40-35(62)32(59)28(55)20(16-48)69-40;1-12-16(25)17(26)18(27)19(29-12)28-10-6-8-13(22)7-4-5-9-14(23)21(3)15(24)11-20-2;1-3-17-11(19)6-4-5-7-12(20)18-8-9-24-16-15(23)14(22)13(21)10(2)25-16/h19-22,27-42,48-49,54-64H,3-18H2,1-2H3,(H,43,50)(H,44,51)(H,45,52)(H,46,53);12,16-20,25-27H,4-11H2,1-3H3;10,13-16,21-23H,3-9H2,1-2H3,(H,17,19)(H,18,20)/t19-,20+,21+,22+,27+,28+,29+,30+,31+,32-,33-,34-,35-,36-,37-,38-,39+,40-,41+,42+;12-,16+,17+,18-,19+;10-,13+,14+,15-,16+/m000/s1. The Balaban J connectivity index is 0.000000499. The number of carbonyl (C=O) groups is 9. The van der Waals surface area contributed by atoms with Crippen molar-refractivity contribution in [2.75, 3.05) is 126 Å². The van der Waals surface area contributed by atoms with E-state index < -0.39 is 248 Å². The zero-order valence-corrected chi connectivity index (χ0v) is 72.2. The van der Waals surface area contributed by atoms with E-state index in [1.807, 2.05) is 13.8 Å². The largest absolute Gasteiger partial charge is 0.394 e. The van der Waals surface area contributed by atoms with Gasteiger partial charge in [0.05, 0.1) is 90.7 Å². The first-order chi connectivity index (χ1) is 59.8. The zero-order chi connectivity index (χ0) is 94.0. The van der Waals surface area contributed by atoms with Gasteiger partial charge in [-0.3, -0.25) is 53.0 Å². The van der Waals surface area contributed by atoms with Gasteiger partial charge in [-0.2, -0.15) is 0 Å². The highest BCUT2D eigenvalue weighted by molar-refractivity contribution is 5.95. The number of rotatable bonds is 50. The molecule has 0 aromatic rings. The van der Waals surface area contributed by atoms with Crippen LogP contribution in [0.1, 0.15) is 125 Å². The SMILES string of the molecule is CCNC(=O)CCCCC(=O)NCCO[C@@H]1O[C@@H](C)[C@@H](O)[C@@H](O)[C@@H]1O.CCNC(=O)CCCCCNC(=O)CN(CC(=O)NCCO[C@@H]1O[C@@H](C)[C@@H](O)[C@@H](O)[C@@H]1O)CC(=O)NCCO[C@@H]1O[C@H](CO[C@H]2O[C@H](CO)[C@@H](O)[C@H](O)[C@@H]2O)[C@@H](O)[C@H](O[C@H]2O[C@H](CO)[C@@H](O)[C@H](O)[C@@H]2O)[C@@H]1O.CNCC(=O)N(C)C(=O)CCCCC(=O)CCCO[C@@H]1O[C@@H](C)[C@@H](O)[C@@H](O)[C@@H]1O. The van der Waals surface area contributed by atoms with Crippen LogP contribution in [0.5, 0.6) is 0 Å². The van der Waals surface area contributed by atoms with E-state index in [9.17, 15) is 140 Å². The minimum Gasteiger partial charge on any atom is -0.394 e. The lowest BCUT2D eigenvalue weighted by atomic mass is 9.96. The Labute approximate surface area is 729 Å². The van der Waals surface area contributed by atoms with Crippen LogP contribution < -0.4 is 37.2 Å². The van der Waals surface area contributed by atoms with Gasteiger partial charge < -0.3 is 191 Å². The van der Waals surface area contributed by atoms with E-state index >= 15 is 0 Å². The Morgan fingerprint density at radius 3 is 1.10 bits per heavy atom. The van der Waals surface area contributed by atoms with Crippen molar-refractivity contribution in [3.8, 4) is 0 Å². The quantitative estimate of drug-likeness (QED) is 0.0252. The van der Waals surface area contributed by atoms with Gasteiger partial charge in [-0.15, -0.1) is 0 Å². The molecule has 6 aliphatic heterocycles. The number of aliphatic hydroxyl groups excluding tert-OH is 19.